The third-order valence-electron chi connectivity index (χ3n) is 3.29. The zero-order valence-electron chi connectivity index (χ0n) is 11.9. The molecule has 0 saturated carbocycles. The highest BCUT2D eigenvalue weighted by Crippen LogP contribution is 2.36. The summed E-state index contributed by atoms with van der Waals surface area (Å²) in [7, 11) is 3.14. The van der Waals surface area contributed by atoms with E-state index in [9.17, 15) is 4.79 Å². The van der Waals surface area contributed by atoms with Crippen LogP contribution in [0.15, 0.2) is 18.2 Å². The van der Waals surface area contributed by atoms with Crippen LogP contribution in [0.2, 0.25) is 5.02 Å². The van der Waals surface area contributed by atoms with Crippen molar-refractivity contribution in [2.24, 2.45) is 0 Å². The van der Waals surface area contributed by atoms with Gasteiger partial charge in [-0.1, -0.05) is 11.6 Å². The summed E-state index contributed by atoms with van der Waals surface area (Å²) in [4.78, 5) is 11.1. The number of aromatic nitrogens is 1. The summed E-state index contributed by atoms with van der Waals surface area (Å²) in [6.45, 7) is 3.82. The van der Waals surface area contributed by atoms with Crippen molar-refractivity contribution in [1.29, 1.82) is 0 Å². The second kappa shape index (κ2) is 5.59. The molecule has 1 heterocycles. The van der Waals surface area contributed by atoms with Gasteiger partial charge in [0.2, 0.25) is 0 Å². The zero-order valence-corrected chi connectivity index (χ0v) is 12.6. The minimum atomic E-state index is 0.478. The third-order valence-corrected chi connectivity index (χ3v) is 3.59. The lowest BCUT2D eigenvalue weighted by Crippen LogP contribution is -2.03. The Morgan fingerprint density at radius 3 is 2.25 bits per heavy atom. The number of aryl methyl sites for hydroxylation is 1. The van der Waals surface area contributed by atoms with Gasteiger partial charge >= 0.3 is 0 Å². The molecule has 0 unspecified atom stereocenters. The smallest absolute Gasteiger partial charge is 0.151 e. The van der Waals surface area contributed by atoms with E-state index in [-0.39, 0.29) is 0 Å². The Bertz CT molecular complexity index is 662. The molecule has 0 aliphatic heterocycles. The van der Waals surface area contributed by atoms with Gasteiger partial charge in [0.05, 0.1) is 24.9 Å². The quantitative estimate of drug-likeness (QED) is 0.809. The molecule has 0 aliphatic carbocycles. The second-order valence-electron chi connectivity index (χ2n) is 4.44. The van der Waals surface area contributed by atoms with Crippen molar-refractivity contribution in [3.05, 3.63) is 40.2 Å². The number of ether oxygens (including phenoxy) is 2. The van der Waals surface area contributed by atoms with Crippen LogP contribution < -0.4 is 9.47 Å². The molecule has 0 spiro atoms. The van der Waals surface area contributed by atoms with E-state index in [0.29, 0.717) is 22.1 Å². The monoisotopic (exact) mass is 293 g/mol. The molecule has 0 fully saturated rings. The van der Waals surface area contributed by atoms with E-state index in [2.05, 4.69) is 0 Å². The van der Waals surface area contributed by atoms with Gasteiger partial charge in [-0.3, -0.25) is 4.79 Å². The molecular formula is C15H16ClNO3. The number of carbonyl (C=O) groups is 1. The second-order valence-corrected chi connectivity index (χ2v) is 4.85. The Hall–Kier alpha value is -1.94. The lowest BCUT2D eigenvalue weighted by molar-refractivity contribution is 0.112. The molecule has 106 valence electrons. The molecular weight excluding hydrogens is 278 g/mol. The Kier molecular flexibility index (Phi) is 4.04. The lowest BCUT2D eigenvalue weighted by atomic mass is 10.2. The van der Waals surface area contributed by atoms with Crippen LogP contribution in [-0.4, -0.2) is 25.1 Å². The van der Waals surface area contributed by atoms with Gasteiger partial charge in [0, 0.05) is 29.1 Å². The van der Waals surface area contributed by atoms with E-state index in [0.717, 1.165) is 23.4 Å². The van der Waals surface area contributed by atoms with Crippen molar-refractivity contribution in [3.8, 4) is 17.2 Å². The fraction of sp³-hybridized carbons (Fsp3) is 0.267. The van der Waals surface area contributed by atoms with Gasteiger partial charge in [-0.05, 0) is 19.9 Å². The number of benzene rings is 1. The average molecular weight is 294 g/mol. The topological polar surface area (TPSA) is 40.5 Å². The summed E-state index contributed by atoms with van der Waals surface area (Å²) < 4.78 is 12.6. The van der Waals surface area contributed by atoms with Crippen LogP contribution in [0.1, 0.15) is 21.7 Å². The van der Waals surface area contributed by atoms with Crippen LogP contribution in [0.5, 0.6) is 11.5 Å². The Morgan fingerprint density at radius 1 is 1.10 bits per heavy atom. The molecule has 2 aromatic rings. The van der Waals surface area contributed by atoms with E-state index in [1.54, 1.807) is 26.4 Å². The summed E-state index contributed by atoms with van der Waals surface area (Å²) in [5.41, 5.74) is 3.22. The van der Waals surface area contributed by atoms with Crippen molar-refractivity contribution in [3.63, 3.8) is 0 Å². The first kappa shape index (κ1) is 14.5. The van der Waals surface area contributed by atoms with Crippen molar-refractivity contribution in [1.82, 2.24) is 4.57 Å². The van der Waals surface area contributed by atoms with Gasteiger partial charge in [0.15, 0.2) is 6.29 Å². The number of halogens is 1. The van der Waals surface area contributed by atoms with Gasteiger partial charge in [-0.2, -0.15) is 0 Å². The van der Waals surface area contributed by atoms with E-state index in [1.165, 1.54) is 0 Å². The molecule has 2 rings (SSSR count). The van der Waals surface area contributed by atoms with E-state index >= 15 is 0 Å². The summed E-state index contributed by atoms with van der Waals surface area (Å²) in [6.07, 6.45) is 0.846. The Labute approximate surface area is 122 Å². The third kappa shape index (κ3) is 2.27. The van der Waals surface area contributed by atoms with Crippen molar-refractivity contribution >= 4 is 17.9 Å². The van der Waals surface area contributed by atoms with Gasteiger partial charge in [0.25, 0.3) is 0 Å². The van der Waals surface area contributed by atoms with Crippen LogP contribution in [0, 0.1) is 13.8 Å². The van der Waals surface area contributed by atoms with Crippen LogP contribution >= 0.6 is 11.6 Å². The molecule has 1 aromatic carbocycles. The summed E-state index contributed by atoms with van der Waals surface area (Å²) in [5.74, 6) is 1.18. The largest absolute Gasteiger partial charge is 0.495 e. The number of carbonyl (C=O) groups excluding carboxylic acids is 1. The first-order valence-corrected chi connectivity index (χ1v) is 6.47. The molecule has 0 atom stereocenters. The van der Waals surface area contributed by atoms with Crippen LogP contribution in [0.4, 0.5) is 0 Å². The van der Waals surface area contributed by atoms with E-state index < -0.39 is 0 Å². The highest BCUT2D eigenvalue weighted by molar-refractivity contribution is 6.32. The maximum absolute atomic E-state index is 11.1. The molecule has 20 heavy (non-hydrogen) atoms. The highest BCUT2D eigenvalue weighted by Gasteiger charge is 2.16. The predicted octanol–water partition coefficient (Wildman–Crippen LogP) is 3.58. The number of hydrogen-bond donors (Lipinski definition) is 0. The van der Waals surface area contributed by atoms with E-state index in [4.69, 9.17) is 21.1 Å². The first-order chi connectivity index (χ1) is 9.53. The molecule has 1 aromatic heterocycles. The number of aldehydes is 1. The summed E-state index contributed by atoms with van der Waals surface area (Å²) >= 11 is 6.11. The number of hydrogen-bond acceptors (Lipinski definition) is 3. The van der Waals surface area contributed by atoms with Gasteiger partial charge in [-0.25, -0.2) is 0 Å². The first-order valence-electron chi connectivity index (χ1n) is 6.09. The van der Waals surface area contributed by atoms with Gasteiger partial charge < -0.3 is 14.0 Å². The van der Waals surface area contributed by atoms with Crippen molar-refractivity contribution in [2.75, 3.05) is 14.2 Å². The minimum Gasteiger partial charge on any atom is -0.495 e. The predicted molar refractivity (Wildman–Crippen MR) is 78.7 cm³/mol. The molecule has 0 amide bonds. The molecule has 5 heteroatoms. The maximum Gasteiger partial charge on any atom is 0.151 e. The standard InChI is InChI=1S/C15H16ClNO3/c1-9-5-11(8-18)10(2)17(9)13-7-14(19-3)12(16)6-15(13)20-4/h5-8H,1-4H3. The average Bonchev–Trinajstić information content (AvgIpc) is 2.73. The molecule has 0 saturated heterocycles. The van der Waals surface area contributed by atoms with Gasteiger partial charge in [-0.15, -0.1) is 0 Å². The molecule has 4 nitrogen and oxygen atoms in total. The fourth-order valence-corrected chi connectivity index (χ4v) is 2.53. The Morgan fingerprint density at radius 2 is 1.75 bits per heavy atom. The molecule has 0 N–H and O–H groups in total. The molecule has 0 aliphatic rings. The summed E-state index contributed by atoms with van der Waals surface area (Å²) in [6, 6.07) is 5.34. The lowest BCUT2D eigenvalue weighted by Gasteiger charge is -2.16. The minimum absolute atomic E-state index is 0.478. The number of nitrogens with zero attached hydrogens (tertiary/aromatic N) is 1. The van der Waals surface area contributed by atoms with Crippen LogP contribution in [0.3, 0.4) is 0 Å². The van der Waals surface area contributed by atoms with Gasteiger partial charge in [0.1, 0.15) is 11.5 Å². The van der Waals surface area contributed by atoms with Crippen LogP contribution in [0.25, 0.3) is 5.69 Å². The normalized spacial score (nSPS) is 10.4. The molecule has 0 radical (unpaired) electrons. The van der Waals surface area contributed by atoms with E-state index in [1.807, 2.05) is 24.5 Å². The van der Waals surface area contributed by atoms with Crippen LogP contribution in [-0.2, 0) is 0 Å². The number of rotatable bonds is 4. The summed E-state index contributed by atoms with van der Waals surface area (Å²) in [5, 5.41) is 0.478. The highest BCUT2D eigenvalue weighted by atomic mass is 35.5. The fourth-order valence-electron chi connectivity index (χ4n) is 2.30. The SMILES string of the molecule is COc1cc(-n2c(C)cc(C=O)c2C)c(OC)cc1Cl. The van der Waals surface area contributed by atoms with Crippen molar-refractivity contribution < 1.29 is 14.3 Å². The Balaban J connectivity index is 2.74. The molecule has 0 bridgehead atoms. The maximum atomic E-state index is 11.1. The zero-order chi connectivity index (χ0) is 14.9. The van der Waals surface area contributed by atoms with Crippen molar-refractivity contribution in [2.45, 2.75) is 13.8 Å². The number of methoxy groups -OCH3 is 2.